The number of H-pyrrole nitrogens is 2. The van der Waals surface area contributed by atoms with E-state index in [9.17, 15) is 58.8 Å². The Morgan fingerprint density at radius 1 is 0.684 bits per heavy atom. The molecule has 1 aromatic heterocycles. The SMILES string of the molecule is COC(=O)C1CC(NC(=O)c2cc(=O)[nH]c(=O)[nH]2)C(OC2OC(C)C(O)C(O)C2O)C(OC2OC(COC(=O)c3ccccc3)C(OC(=O)c3ccccc3)C(O[C@@H](CC3CCCCC3)C(=O)O)C2OC(=O)c2ccccc2)C1. The summed E-state index contributed by atoms with van der Waals surface area (Å²) in [4.78, 5) is 113. The van der Waals surface area contributed by atoms with Crippen LogP contribution in [0.4, 0.5) is 0 Å². The van der Waals surface area contributed by atoms with Crippen LogP contribution in [0.2, 0.25) is 0 Å². The van der Waals surface area contributed by atoms with Crippen LogP contribution in [0.15, 0.2) is 107 Å². The van der Waals surface area contributed by atoms with Gasteiger partial charge < -0.3 is 73.4 Å². The van der Waals surface area contributed by atoms with Crippen LogP contribution in [0.5, 0.6) is 0 Å². The van der Waals surface area contributed by atoms with E-state index in [1.54, 1.807) is 54.6 Å². The van der Waals surface area contributed by atoms with Gasteiger partial charge in [-0.05, 0) is 68.5 Å². The van der Waals surface area contributed by atoms with Gasteiger partial charge in [0, 0.05) is 6.07 Å². The Bertz CT molecular complexity index is 2820. The zero-order chi connectivity index (χ0) is 56.3. The minimum absolute atomic E-state index is 0.0165. The Kier molecular flexibility index (Phi) is 19.6. The van der Waals surface area contributed by atoms with Gasteiger partial charge in [-0.15, -0.1) is 0 Å². The number of aliphatic carboxylic acids is 1. The number of aliphatic hydroxyl groups is 3. The summed E-state index contributed by atoms with van der Waals surface area (Å²) in [5.41, 5.74) is -2.38. The van der Waals surface area contributed by atoms with E-state index in [4.69, 9.17) is 42.6 Å². The molecule has 8 rings (SSSR count). The van der Waals surface area contributed by atoms with Crippen LogP contribution in [0.25, 0.3) is 0 Å². The molecular formula is C55H63N3O21. The molecule has 3 aromatic carbocycles. The van der Waals surface area contributed by atoms with Crippen molar-refractivity contribution in [3.8, 4) is 0 Å². The zero-order valence-corrected chi connectivity index (χ0v) is 43.1. The van der Waals surface area contributed by atoms with E-state index in [2.05, 4.69) is 10.3 Å². The summed E-state index contributed by atoms with van der Waals surface area (Å²) >= 11 is 0. The van der Waals surface area contributed by atoms with E-state index in [0.717, 1.165) is 32.4 Å². The molecule has 14 unspecified atom stereocenters. The third-order valence-electron chi connectivity index (χ3n) is 14.4. The number of esters is 4. The molecule has 4 fully saturated rings. The quantitative estimate of drug-likeness (QED) is 0.0523. The van der Waals surface area contributed by atoms with Gasteiger partial charge >= 0.3 is 35.5 Å². The average molecular weight is 1100 g/mol. The Morgan fingerprint density at radius 2 is 1.28 bits per heavy atom. The van der Waals surface area contributed by atoms with Crippen LogP contribution in [-0.4, -0.2) is 166 Å². The number of carboxylic acids is 1. The molecule has 424 valence electrons. The third kappa shape index (κ3) is 14.6. The predicted octanol–water partition coefficient (Wildman–Crippen LogP) is 2.18. The molecule has 0 spiro atoms. The van der Waals surface area contributed by atoms with Gasteiger partial charge in [-0.2, -0.15) is 0 Å². The van der Waals surface area contributed by atoms with Crippen LogP contribution in [-0.2, 0) is 52.2 Å². The number of amides is 1. The average Bonchev–Trinajstić information content (AvgIpc) is 3.45. The highest BCUT2D eigenvalue weighted by Gasteiger charge is 2.56. The second-order valence-electron chi connectivity index (χ2n) is 19.9. The highest BCUT2D eigenvalue weighted by Crippen LogP contribution is 2.39. The lowest BCUT2D eigenvalue weighted by Crippen LogP contribution is -2.66. The zero-order valence-electron chi connectivity index (χ0n) is 43.1. The predicted molar refractivity (Wildman–Crippen MR) is 270 cm³/mol. The highest BCUT2D eigenvalue weighted by atomic mass is 16.8. The highest BCUT2D eigenvalue weighted by molar-refractivity contribution is 5.92. The molecule has 24 heteroatoms. The van der Waals surface area contributed by atoms with Crippen molar-refractivity contribution in [2.75, 3.05) is 13.7 Å². The molecule has 0 radical (unpaired) electrons. The maximum Gasteiger partial charge on any atom is 0.338 e. The first-order valence-electron chi connectivity index (χ1n) is 26.0. The summed E-state index contributed by atoms with van der Waals surface area (Å²) in [6.45, 7) is 0.634. The molecule has 15 atom stereocenters. The summed E-state index contributed by atoms with van der Waals surface area (Å²) < 4.78 is 55.9. The lowest BCUT2D eigenvalue weighted by molar-refractivity contribution is -0.346. The lowest BCUT2D eigenvalue weighted by atomic mass is 9.81. The van der Waals surface area contributed by atoms with Crippen LogP contribution in [0.1, 0.15) is 99.9 Å². The van der Waals surface area contributed by atoms with E-state index in [1.165, 1.54) is 43.3 Å². The summed E-state index contributed by atoms with van der Waals surface area (Å²) in [6, 6.07) is 22.4. The first-order valence-corrected chi connectivity index (χ1v) is 26.0. The number of carbonyl (C=O) groups is 6. The number of hydrogen-bond acceptors (Lipinski definition) is 20. The van der Waals surface area contributed by atoms with Crippen LogP contribution < -0.4 is 16.6 Å². The van der Waals surface area contributed by atoms with E-state index < -0.39 is 151 Å². The topological polar surface area (TPSA) is 344 Å². The number of benzene rings is 3. The number of methoxy groups -OCH3 is 1. The van der Waals surface area contributed by atoms with Gasteiger partial charge in [0.2, 0.25) is 0 Å². The molecule has 3 heterocycles. The van der Waals surface area contributed by atoms with Crippen molar-refractivity contribution in [3.63, 3.8) is 0 Å². The van der Waals surface area contributed by atoms with Crippen LogP contribution in [0.3, 0.4) is 0 Å². The van der Waals surface area contributed by atoms with Crippen LogP contribution in [0, 0.1) is 11.8 Å². The smallest absolute Gasteiger partial charge is 0.338 e. The first-order chi connectivity index (χ1) is 38.0. The fraction of sp³-hybridized carbons (Fsp3) is 0.491. The van der Waals surface area contributed by atoms with Gasteiger partial charge in [-0.3, -0.25) is 19.4 Å². The molecule has 4 aliphatic rings. The largest absolute Gasteiger partial charge is 0.479 e. The minimum atomic E-state index is -2.01. The fourth-order valence-corrected chi connectivity index (χ4v) is 10.3. The molecule has 2 aliphatic heterocycles. The molecule has 2 saturated carbocycles. The molecule has 2 aliphatic carbocycles. The Balaban J connectivity index is 1.27. The van der Waals surface area contributed by atoms with E-state index in [1.807, 2.05) is 4.98 Å². The Morgan fingerprint density at radius 3 is 1.86 bits per heavy atom. The molecule has 7 N–H and O–H groups in total. The fourth-order valence-electron chi connectivity index (χ4n) is 10.3. The second kappa shape index (κ2) is 26.7. The Hall–Kier alpha value is -7.16. The van der Waals surface area contributed by atoms with Crippen molar-refractivity contribution in [2.24, 2.45) is 11.8 Å². The van der Waals surface area contributed by atoms with E-state index in [0.29, 0.717) is 12.8 Å². The monoisotopic (exact) mass is 1100 g/mol. The van der Waals surface area contributed by atoms with Crippen molar-refractivity contribution < 1.29 is 91.8 Å². The maximum absolute atomic E-state index is 14.5. The number of ether oxygens (including phenoxy) is 9. The van der Waals surface area contributed by atoms with Gasteiger partial charge in [0.15, 0.2) is 30.9 Å². The third-order valence-corrected chi connectivity index (χ3v) is 14.4. The summed E-state index contributed by atoms with van der Waals surface area (Å²) in [7, 11) is 1.10. The van der Waals surface area contributed by atoms with Crippen molar-refractivity contribution in [2.45, 2.75) is 144 Å². The van der Waals surface area contributed by atoms with Crippen molar-refractivity contribution in [1.82, 2.24) is 15.3 Å². The number of carbonyl (C=O) groups excluding carboxylic acids is 5. The summed E-state index contributed by atoms with van der Waals surface area (Å²) in [5.74, 6) is -7.51. The van der Waals surface area contributed by atoms with Crippen molar-refractivity contribution in [3.05, 3.63) is 140 Å². The first kappa shape index (κ1) is 58.0. The molecule has 79 heavy (non-hydrogen) atoms. The van der Waals surface area contributed by atoms with E-state index in [-0.39, 0.29) is 41.9 Å². The summed E-state index contributed by atoms with van der Waals surface area (Å²) in [5, 5.41) is 46.5. The molecule has 0 bridgehead atoms. The molecule has 4 aromatic rings. The number of hydrogen-bond donors (Lipinski definition) is 7. The normalized spacial score (nSPS) is 29.5. The number of aliphatic hydroxyl groups excluding tert-OH is 3. The van der Waals surface area contributed by atoms with Gasteiger partial charge in [0.25, 0.3) is 11.5 Å². The van der Waals surface area contributed by atoms with Gasteiger partial charge in [-0.25, -0.2) is 24.0 Å². The number of aromatic nitrogens is 2. The molecule has 24 nitrogen and oxygen atoms in total. The lowest BCUT2D eigenvalue weighted by Gasteiger charge is -2.49. The molecule has 1 amide bonds. The van der Waals surface area contributed by atoms with Gasteiger partial charge in [0.05, 0.1) is 48.0 Å². The minimum Gasteiger partial charge on any atom is -0.479 e. The molecular weight excluding hydrogens is 1040 g/mol. The maximum atomic E-state index is 14.5. The van der Waals surface area contributed by atoms with Crippen LogP contribution >= 0.6 is 0 Å². The Labute approximate surface area is 451 Å². The second-order valence-corrected chi connectivity index (χ2v) is 19.9. The number of carboxylic acid groups (broad SMARTS) is 1. The number of rotatable bonds is 19. The van der Waals surface area contributed by atoms with Crippen molar-refractivity contribution >= 4 is 35.8 Å². The van der Waals surface area contributed by atoms with Gasteiger partial charge in [0.1, 0.15) is 48.9 Å². The number of aromatic amines is 2. The van der Waals surface area contributed by atoms with Gasteiger partial charge in [-0.1, -0.05) is 86.7 Å². The molecule has 2 saturated heterocycles. The van der Waals surface area contributed by atoms with E-state index >= 15 is 0 Å². The van der Waals surface area contributed by atoms with Crippen molar-refractivity contribution in [1.29, 1.82) is 0 Å². The standard InChI is InChI=1S/C55H63N3O21/c1-28-40(60)41(61)42(62)53(73-28)79-43-34(56-47(63)35-26-39(59)58-55(70)57-35)24-33(49(66)71-2)25-36(43)75-54-46(78-52(69)32-21-13-6-14-22-32)45(74-37(48(64)65)23-29-15-7-3-8-16-29)44(77-51(68)31-19-11-5-12-20-31)38(76-54)27-72-50(67)30-17-9-4-10-18-30/h4-6,9-14,17-22,26,28-29,33-34,36-38,40-46,53-54,60-62H,3,7-8,15-16,23-25,27H2,1-2H3,(H,56,63)(H,64,65)(H2,57,58,59,70)/t28?,33?,34?,36?,37-,38?,40?,41?,42?,43?,44?,45?,46?,53?,54?/m0/s1. The summed E-state index contributed by atoms with van der Waals surface area (Å²) in [6.07, 6.45) is -19.3. The number of nitrogens with one attached hydrogen (secondary N) is 3.